The Bertz CT molecular complexity index is 1020. The molecule has 3 rings (SSSR count). The number of rotatable bonds is 9. The van der Waals surface area contributed by atoms with E-state index in [0.717, 1.165) is 0 Å². The molecule has 0 aromatic rings. The van der Waals surface area contributed by atoms with Crippen LogP contribution in [0.3, 0.4) is 0 Å². The van der Waals surface area contributed by atoms with Gasteiger partial charge >= 0.3 is 10.4 Å². The van der Waals surface area contributed by atoms with Gasteiger partial charge in [0.1, 0.15) is 60.5 Å². The van der Waals surface area contributed by atoms with Gasteiger partial charge in [0, 0.05) is 19.1 Å². The van der Waals surface area contributed by atoms with E-state index in [1.165, 1.54) is 14.0 Å². The summed E-state index contributed by atoms with van der Waals surface area (Å²) in [4.78, 5) is 12.4. The van der Waals surface area contributed by atoms with Gasteiger partial charge in [-0.15, -0.1) is 0 Å². The molecule has 2 heterocycles. The molecule has 2 saturated heterocycles. The van der Waals surface area contributed by atoms with E-state index >= 15 is 0 Å². The molecule has 0 aromatic carbocycles. The number of nitrogens with one attached hydrogen (secondary N) is 2. The van der Waals surface area contributed by atoms with Gasteiger partial charge in [-0.3, -0.25) is 13.9 Å². The average Bonchev–Trinajstić information content (AvgIpc) is 2.92. The van der Waals surface area contributed by atoms with Gasteiger partial charge in [0.25, 0.3) is 0 Å². The van der Waals surface area contributed by atoms with Crippen molar-refractivity contribution in [2.75, 3.05) is 26.7 Å². The third kappa shape index (κ3) is 9.87. The molecule has 44 heavy (non-hydrogen) atoms. The Morgan fingerprint density at radius 2 is 1.57 bits per heavy atom. The number of aliphatic hydroxyl groups excluding tert-OH is 6. The first-order chi connectivity index (χ1) is 20.3. The van der Waals surface area contributed by atoms with E-state index in [2.05, 4.69) is 10.6 Å². The number of aliphatic hydroxyl groups is 7. The summed E-state index contributed by atoms with van der Waals surface area (Å²) in [5.74, 6) is -0.857. The summed E-state index contributed by atoms with van der Waals surface area (Å²) in [7, 11) is -3.14. The minimum absolute atomic E-state index is 0.0836. The molecule has 22 heteroatoms. The summed E-state index contributed by atoms with van der Waals surface area (Å²) in [6.07, 6.45) is -16.3. The van der Waals surface area contributed by atoms with E-state index in [1.54, 1.807) is 0 Å². The van der Waals surface area contributed by atoms with Gasteiger partial charge in [-0.2, -0.15) is 8.42 Å². The predicted molar refractivity (Wildman–Crippen MR) is 144 cm³/mol. The van der Waals surface area contributed by atoms with E-state index in [1.807, 2.05) is 0 Å². The first kappa shape index (κ1) is 38.9. The lowest BCUT2D eigenvalue weighted by molar-refractivity contribution is -0.330. The Balaban J connectivity index is 0.00000125. The highest BCUT2D eigenvalue weighted by Gasteiger charge is 2.53. The van der Waals surface area contributed by atoms with Crippen molar-refractivity contribution in [3.8, 4) is 0 Å². The van der Waals surface area contributed by atoms with Gasteiger partial charge < -0.3 is 82.5 Å². The smallest absolute Gasteiger partial charge is 0.388 e. The molecular weight excluding hydrogens is 622 g/mol. The van der Waals surface area contributed by atoms with E-state index in [-0.39, 0.29) is 26.1 Å². The third-order valence-corrected chi connectivity index (χ3v) is 7.50. The molecule has 0 aromatic heterocycles. The van der Waals surface area contributed by atoms with Crippen LogP contribution >= 0.6 is 0 Å². The summed E-state index contributed by atoms with van der Waals surface area (Å²) in [6, 6.07) is -2.92. The van der Waals surface area contributed by atoms with E-state index in [0.29, 0.717) is 0 Å². The molecule has 2 aliphatic heterocycles. The summed E-state index contributed by atoms with van der Waals surface area (Å²) < 4.78 is 54.3. The molecule has 0 spiro atoms. The SMILES string of the molecule is CN[C@@H]1[C@@H](O)[C@@H](O[C@H]2[C@H](NC(=O)[C@@H](O)CN)C[C@H](N)C(O[C@H]3O[C@H](CN)[C@@H](O)[C@H](O)[C@H]3O)[C@@H]2O)OC[C@]1(C)O.O=S(=O)(O)O. The molecule has 15 atom stereocenters. The highest BCUT2D eigenvalue weighted by molar-refractivity contribution is 7.79. The highest BCUT2D eigenvalue weighted by Crippen LogP contribution is 2.32. The van der Waals surface area contributed by atoms with Gasteiger partial charge in [0.2, 0.25) is 5.91 Å². The number of carbonyl (C=O) groups excluding carboxylic acids is 1. The zero-order valence-corrected chi connectivity index (χ0v) is 24.8. The summed E-state index contributed by atoms with van der Waals surface area (Å²) in [5.41, 5.74) is 15.8. The molecule has 260 valence electrons. The lowest BCUT2D eigenvalue weighted by atomic mass is 9.83. The van der Waals surface area contributed by atoms with E-state index in [9.17, 15) is 40.5 Å². The summed E-state index contributed by atoms with van der Waals surface area (Å²) in [5, 5.41) is 78.5. The molecule has 1 saturated carbocycles. The predicted octanol–water partition coefficient (Wildman–Crippen LogP) is -8.18. The van der Waals surface area contributed by atoms with Crippen LogP contribution in [0.5, 0.6) is 0 Å². The lowest BCUT2D eigenvalue weighted by Crippen LogP contribution is -2.70. The molecule has 1 amide bonds. The molecular formula is C22H45N5O16S. The van der Waals surface area contributed by atoms with Gasteiger partial charge in [-0.25, -0.2) is 0 Å². The quantitative estimate of drug-likeness (QED) is 0.101. The second-order valence-corrected chi connectivity index (χ2v) is 11.8. The van der Waals surface area contributed by atoms with Crippen LogP contribution in [0.1, 0.15) is 13.3 Å². The normalized spacial score (nSPS) is 43.8. The van der Waals surface area contributed by atoms with Crippen LogP contribution < -0.4 is 27.8 Å². The maximum atomic E-state index is 12.4. The monoisotopic (exact) mass is 667 g/mol. The Morgan fingerprint density at radius 1 is 1.00 bits per heavy atom. The van der Waals surface area contributed by atoms with Crippen molar-refractivity contribution in [2.24, 2.45) is 17.2 Å². The number of hydrogen-bond donors (Lipinski definition) is 14. The number of likely N-dealkylation sites (N-methyl/N-ethyl adjacent to an activating group) is 1. The number of amides is 1. The molecule has 1 aliphatic carbocycles. The van der Waals surface area contributed by atoms with Crippen molar-refractivity contribution in [1.82, 2.24) is 10.6 Å². The topological polar surface area (TPSA) is 372 Å². The first-order valence-electron chi connectivity index (χ1n) is 13.5. The third-order valence-electron chi connectivity index (χ3n) is 7.50. The van der Waals surface area contributed by atoms with Gasteiger partial charge in [0.15, 0.2) is 12.6 Å². The number of nitrogens with two attached hydrogens (primary N) is 3. The zero-order chi connectivity index (χ0) is 33.7. The van der Waals surface area contributed by atoms with Crippen molar-refractivity contribution in [3.63, 3.8) is 0 Å². The van der Waals surface area contributed by atoms with Gasteiger partial charge in [-0.1, -0.05) is 0 Å². The fourth-order valence-corrected chi connectivity index (χ4v) is 5.22. The average molecular weight is 668 g/mol. The minimum atomic E-state index is -4.67. The van der Waals surface area contributed by atoms with Crippen LogP contribution in [-0.4, -0.2) is 177 Å². The standard InChI is InChI=1S/C22H43N5O12.H2O4S/c1-22(35)6-36-20(15(33)18(22)26-2)39-17-8(27-19(34)9(28)4-23)3-7(25)16(14(17)32)38-21-13(31)12(30)11(29)10(5-24)37-21;1-5(2,3)4/h7-18,20-21,26,28-33,35H,3-6,23-25H2,1-2H3,(H,27,34);(H2,1,2,3,4)/t7-,8+,9-,10+,11+,12-,13+,14-,15+,16?,17-,18+,20+,21+,22-;/m0./s1. The molecule has 3 aliphatic rings. The Morgan fingerprint density at radius 3 is 2.09 bits per heavy atom. The molecule has 17 N–H and O–H groups in total. The Labute approximate surface area is 252 Å². The fourth-order valence-electron chi connectivity index (χ4n) is 5.22. The molecule has 0 bridgehead atoms. The Hall–Kier alpha value is -1.26. The Kier molecular flexibility index (Phi) is 14.2. The maximum absolute atomic E-state index is 12.4. The number of ether oxygens (including phenoxy) is 4. The summed E-state index contributed by atoms with van der Waals surface area (Å²) in [6.45, 7) is 0.634. The van der Waals surface area contributed by atoms with Crippen LogP contribution in [0.4, 0.5) is 0 Å². The van der Waals surface area contributed by atoms with Crippen molar-refractivity contribution in [2.45, 2.75) is 105 Å². The second-order valence-electron chi connectivity index (χ2n) is 10.9. The minimum Gasteiger partial charge on any atom is -0.388 e. The first-order valence-corrected chi connectivity index (χ1v) is 14.9. The van der Waals surface area contributed by atoms with Crippen molar-refractivity contribution in [3.05, 3.63) is 0 Å². The van der Waals surface area contributed by atoms with Crippen LogP contribution in [-0.2, 0) is 34.1 Å². The molecule has 0 radical (unpaired) electrons. The van der Waals surface area contributed by atoms with Crippen LogP contribution in [0.2, 0.25) is 0 Å². The van der Waals surface area contributed by atoms with Crippen molar-refractivity contribution >= 4 is 16.3 Å². The van der Waals surface area contributed by atoms with E-state index in [4.69, 9.17) is 53.7 Å². The summed E-state index contributed by atoms with van der Waals surface area (Å²) >= 11 is 0. The number of hydrogen-bond acceptors (Lipinski definition) is 18. The zero-order valence-electron chi connectivity index (χ0n) is 23.9. The van der Waals surface area contributed by atoms with E-state index < -0.39 is 108 Å². The largest absolute Gasteiger partial charge is 0.394 e. The van der Waals surface area contributed by atoms with Crippen molar-refractivity contribution < 1.29 is 77.0 Å². The molecule has 3 fully saturated rings. The van der Waals surface area contributed by atoms with Crippen LogP contribution in [0.15, 0.2) is 0 Å². The van der Waals surface area contributed by atoms with Crippen LogP contribution in [0, 0.1) is 0 Å². The molecule has 1 unspecified atom stereocenters. The highest BCUT2D eigenvalue weighted by atomic mass is 32.3. The van der Waals surface area contributed by atoms with Gasteiger partial charge in [0.05, 0.1) is 18.7 Å². The van der Waals surface area contributed by atoms with Crippen molar-refractivity contribution in [1.29, 1.82) is 0 Å². The van der Waals surface area contributed by atoms with Crippen LogP contribution in [0.25, 0.3) is 0 Å². The van der Waals surface area contributed by atoms with Gasteiger partial charge in [-0.05, 0) is 20.4 Å². The maximum Gasteiger partial charge on any atom is 0.394 e. The second kappa shape index (κ2) is 16.0. The number of carbonyl (C=O) groups is 1. The lowest BCUT2D eigenvalue weighted by Gasteiger charge is -2.49. The fraction of sp³-hybridized carbons (Fsp3) is 0.955. The molecule has 21 nitrogen and oxygen atoms in total.